The van der Waals surface area contributed by atoms with Crippen molar-refractivity contribution in [2.75, 3.05) is 19.7 Å². The first-order valence-electron chi connectivity index (χ1n) is 3.74. The smallest absolute Gasteiger partial charge is 0.305 e. The van der Waals surface area contributed by atoms with Crippen LogP contribution >= 0.6 is 0 Å². The molecule has 1 amide bonds. The van der Waals surface area contributed by atoms with Crippen LogP contribution in [0, 0.1) is 0 Å². The molecule has 0 aliphatic carbocycles. The second-order valence-electron chi connectivity index (χ2n) is 2.35. The summed E-state index contributed by atoms with van der Waals surface area (Å²) in [5, 5.41) is 2.59. The van der Waals surface area contributed by atoms with Crippen molar-refractivity contribution in [2.24, 2.45) is 0 Å². The van der Waals surface area contributed by atoms with Gasteiger partial charge in [-0.1, -0.05) is 6.08 Å². The van der Waals surface area contributed by atoms with Crippen molar-refractivity contribution >= 4 is 5.91 Å². The zero-order valence-electron chi connectivity index (χ0n) is 7.36. The summed E-state index contributed by atoms with van der Waals surface area (Å²) < 4.78 is 34.5. The SMILES string of the molecule is C=CCNCC(=O)NOCC(F)(F)F. The van der Waals surface area contributed by atoms with Crippen molar-refractivity contribution < 1.29 is 22.8 Å². The summed E-state index contributed by atoms with van der Waals surface area (Å²) >= 11 is 0. The van der Waals surface area contributed by atoms with E-state index in [0.29, 0.717) is 6.54 Å². The Morgan fingerprint density at radius 1 is 1.50 bits per heavy atom. The Morgan fingerprint density at radius 2 is 2.14 bits per heavy atom. The van der Waals surface area contributed by atoms with Crippen molar-refractivity contribution in [1.29, 1.82) is 0 Å². The van der Waals surface area contributed by atoms with E-state index in [1.807, 2.05) is 0 Å². The van der Waals surface area contributed by atoms with Crippen LogP contribution < -0.4 is 10.8 Å². The van der Waals surface area contributed by atoms with Gasteiger partial charge >= 0.3 is 6.18 Å². The number of hydroxylamine groups is 1. The van der Waals surface area contributed by atoms with Gasteiger partial charge in [-0.3, -0.25) is 9.63 Å². The summed E-state index contributed by atoms with van der Waals surface area (Å²) in [4.78, 5) is 14.6. The molecule has 0 aliphatic heterocycles. The van der Waals surface area contributed by atoms with Gasteiger partial charge in [0.1, 0.15) is 0 Å². The molecule has 0 aromatic rings. The predicted octanol–water partition coefficient (Wildman–Crippen LogP) is 0.372. The van der Waals surface area contributed by atoms with Crippen LogP contribution in [-0.4, -0.2) is 31.8 Å². The lowest BCUT2D eigenvalue weighted by Gasteiger charge is -2.08. The second kappa shape index (κ2) is 6.39. The Kier molecular flexibility index (Phi) is 5.89. The second-order valence-corrected chi connectivity index (χ2v) is 2.35. The van der Waals surface area contributed by atoms with E-state index in [4.69, 9.17) is 0 Å². The molecular weight excluding hydrogens is 201 g/mol. The van der Waals surface area contributed by atoms with Gasteiger partial charge < -0.3 is 5.32 Å². The summed E-state index contributed by atoms with van der Waals surface area (Å²) in [6, 6.07) is 0. The van der Waals surface area contributed by atoms with Crippen LogP contribution in [-0.2, 0) is 9.63 Å². The van der Waals surface area contributed by atoms with E-state index >= 15 is 0 Å². The maximum Gasteiger partial charge on any atom is 0.414 e. The summed E-state index contributed by atoms with van der Waals surface area (Å²) in [7, 11) is 0. The van der Waals surface area contributed by atoms with Gasteiger partial charge in [0.05, 0.1) is 6.54 Å². The van der Waals surface area contributed by atoms with E-state index in [-0.39, 0.29) is 6.54 Å². The van der Waals surface area contributed by atoms with E-state index in [1.165, 1.54) is 6.08 Å². The highest BCUT2D eigenvalue weighted by Gasteiger charge is 2.28. The lowest BCUT2D eigenvalue weighted by Crippen LogP contribution is -2.36. The number of amides is 1. The van der Waals surface area contributed by atoms with Crippen LogP contribution in [0.1, 0.15) is 0 Å². The third kappa shape index (κ3) is 9.01. The number of hydrogen-bond acceptors (Lipinski definition) is 3. The fraction of sp³-hybridized carbons (Fsp3) is 0.571. The van der Waals surface area contributed by atoms with E-state index in [0.717, 1.165) is 0 Å². The fourth-order valence-corrected chi connectivity index (χ4v) is 0.522. The molecule has 0 bridgehead atoms. The minimum absolute atomic E-state index is 0.121. The first kappa shape index (κ1) is 12.9. The third-order valence-electron chi connectivity index (χ3n) is 0.996. The molecule has 0 unspecified atom stereocenters. The molecule has 2 N–H and O–H groups in total. The Labute approximate surface area is 79.1 Å². The lowest BCUT2D eigenvalue weighted by atomic mass is 10.5. The molecule has 0 radical (unpaired) electrons. The highest BCUT2D eigenvalue weighted by atomic mass is 19.4. The molecule has 0 aliphatic rings. The molecule has 0 saturated heterocycles. The topological polar surface area (TPSA) is 50.4 Å². The molecule has 0 saturated carbocycles. The first-order valence-corrected chi connectivity index (χ1v) is 3.74. The standard InChI is InChI=1S/C7H11F3N2O2/c1-2-3-11-4-6(13)12-14-5-7(8,9)10/h2,11H,1,3-5H2,(H,12,13). The lowest BCUT2D eigenvalue weighted by molar-refractivity contribution is -0.191. The van der Waals surface area contributed by atoms with E-state index in [2.05, 4.69) is 16.7 Å². The molecule has 14 heavy (non-hydrogen) atoms. The van der Waals surface area contributed by atoms with Gasteiger partial charge in [-0.05, 0) is 0 Å². The normalized spacial score (nSPS) is 11.1. The van der Waals surface area contributed by atoms with Crippen LogP contribution in [0.3, 0.4) is 0 Å². The van der Waals surface area contributed by atoms with Gasteiger partial charge in [0.15, 0.2) is 6.61 Å². The predicted molar refractivity (Wildman–Crippen MR) is 43.2 cm³/mol. The maximum atomic E-state index is 11.5. The monoisotopic (exact) mass is 212 g/mol. The van der Waals surface area contributed by atoms with Crippen molar-refractivity contribution in [1.82, 2.24) is 10.8 Å². The third-order valence-corrected chi connectivity index (χ3v) is 0.996. The number of nitrogens with one attached hydrogen (secondary N) is 2. The highest BCUT2D eigenvalue weighted by molar-refractivity contribution is 5.76. The average Bonchev–Trinajstić information content (AvgIpc) is 2.02. The average molecular weight is 212 g/mol. The summed E-state index contributed by atoms with van der Waals surface area (Å²) in [5.41, 5.74) is 1.64. The van der Waals surface area contributed by atoms with E-state index in [1.54, 1.807) is 5.48 Å². The summed E-state index contributed by atoms with van der Waals surface area (Å²) in [5.74, 6) is -0.670. The molecule has 0 rings (SSSR count). The van der Waals surface area contributed by atoms with E-state index < -0.39 is 18.7 Å². The van der Waals surface area contributed by atoms with Crippen molar-refractivity contribution in [3.63, 3.8) is 0 Å². The molecule has 82 valence electrons. The maximum absolute atomic E-state index is 11.5. The van der Waals surface area contributed by atoms with Crippen molar-refractivity contribution in [3.05, 3.63) is 12.7 Å². The zero-order chi connectivity index (χ0) is 11.0. The minimum atomic E-state index is -4.44. The number of halogens is 3. The van der Waals surface area contributed by atoms with Gasteiger partial charge in [-0.2, -0.15) is 13.2 Å². The number of hydrogen-bond donors (Lipinski definition) is 2. The highest BCUT2D eigenvalue weighted by Crippen LogP contribution is 2.13. The zero-order valence-corrected chi connectivity index (χ0v) is 7.36. The molecule has 0 aromatic carbocycles. The molecule has 4 nitrogen and oxygen atoms in total. The van der Waals surface area contributed by atoms with Gasteiger partial charge in [0.25, 0.3) is 5.91 Å². The van der Waals surface area contributed by atoms with Crippen LogP contribution in [0.5, 0.6) is 0 Å². The Balaban J connectivity index is 3.40. The summed E-state index contributed by atoms with van der Waals surface area (Å²) in [6.45, 7) is 2.15. The molecular formula is C7H11F3N2O2. The molecule has 7 heteroatoms. The number of carbonyl (C=O) groups is 1. The van der Waals surface area contributed by atoms with Crippen molar-refractivity contribution in [3.8, 4) is 0 Å². The Morgan fingerprint density at radius 3 is 2.64 bits per heavy atom. The Bertz CT molecular complexity index is 194. The quantitative estimate of drug-likeness (QED) is 0.380. The number of carbonyl (C=O) groups excluding carboxylic acids is 1. The number of alkyl halides is 3. The first-order chi connectivity index (χ1) is 6.45. The number of rotatable bonds is 6. The molecule has 0 heterocycles. The fourth-order valence-electron chi connectivity index (χ4n) is 0.522. The molecule has 0 aromatic heterocycles. The van der Waals surface area contributed by atoms with Crippen LogP contribution in [0.4, 0.5) is 13.2 Å². The van der Waals surface area contributed by atoms with Gasteiger partial charge in [-0.25, -0.2) is 5.48 Å². The van der Waals surface area contributed by atoms with Gasteiger partial charge in [0, 0.05) is 6.54 Å². The molecule has 0 fully saturated rings. The molecule has 0 spiro atoms. The minimum Gasteiger partial charge on any atom is -0.305 e. The molecule has 0 atom stereocenters. The van der Waals surface area contributed by atoms with Crippen LogP contribution in [0.15, 0.2) is 12.7 Å². The van der Waals surface area contributed by atoms with Crippen LogP contribution in [0.2, 0.25) is 0 Å². The van der Waals surface area contributed by atoms with Crippen LogP contribution in [0.25, 0.3) is 0 Å². The summed E-state index contributed by atoms with van der Waals surface area (Å²) in [6.07, 6.45) is -2.92. The van der Waals surface area contributed by atoms with Crippen molar-refractivity contribution in [2.45, 2.75) is 6.18 Å². The Hall–Kier alpha value is -1.08. The largest absolute Gasteiger partial charge is 0.414 e. The van der Waals surface area contributed by atoms with E-state index in [9.17, 15) is 18.0 Å². The van der Waals surface area contributed by atoms with Gasteiger partial charge in [0.2, 0.25) is 0 Å². The van der Waals surface area contributed by atoms with Gasteiger partial charge in [-0.15, -0.1) is 6.58 Å².